The monoisotopic (exact) mass is 234 g/mol. The first-order valence-corrected chi connectivity index (χ1v) is 6.24. The summed E-state index contributed by atoms with van der Waals surface area (Å²) in [4.78, 5) is 9.25. The quantitative estimate of drug-likeness (QED) is 0.836. The SMILES string of the molecule is CC1CN(C)CCN1c1ccc([C@@H](C)N)cn1. The molecule has 1 aliphatic heterocycles. The molecule has 0 spiro atoms. The Morgan fingerprint density at radius 1 is 1.41 bits per heavy atom. The summed E-state index contributed by atoms with van der Waals surface area (Å²) in [5.74, 6) is 1.06. The van der Waals surface area contributed by atoms with Gasteiger partial charge in [-0.05, 0) is 32.5 Å². The third-order valence-corrected chi connectivity index (χ3v) is 3.42. The number of nitrogens with zero attached hydrogens (tertiary/aromatic N) is 3. The van der Waals surface area contributed by atoms with E-state index < -0.39 is 0 Å². The first kappa shape index (κ1) is 12.3. The van der Waals surface area contributed by atoms with Crippen LogP contribution in [0.1, 0.15) is 25.5 Å². The minimum Gasteiger partial charge on any atom is -0.351 e. The lowest BCUT2D eigenvalue weighted by molar-refractivity contribution is 0.274. The summed E-state index contributed by atoms with van der Waals surface area (Å²) in [5.41, 5.74) is 6.92. The number of pyridine rings is 1. The Morgan fingerprint density at radius 3 is 2.71 bits per heavy atom. The maximum Gasteiger partial charge on any atom is 0.128 e. The van der Waals surface area contributed by atoms with Crippen LogP contribution in [0.2, 0.25) is 0 Å². The standard InChI is InChI=1S/C13H22N4/c1-10-9-16(3)6-7-17(10)13-5-4-12(8-15-13)11(2)14/h4-5,8,10-11H,6-7,9,14H2,1-3H3/t10?,11-/m1/s1. The largest absolute Gasteiger partial charge is 0.351 e. The molecule has 2 atom stereocenters. The summed E-state index contributed by atoms with van der Waals surface area (Å²) in [7, 11) is 2.17. The van der Waals surface area contributed by atoms with Crippen LogP contribution in [0.3, 0.4) is 0 Å². The molecule has 4 nitrogen and oxygen atoms in total. The van der Waals surface area contributed by atoms with Crippen molar-refractivity contribution in [2.24, 2.45) is 5.73 Å². The highest BCUT2D eigenvalue weighted by Gasteiger charge is 2.22. The third kappa shape index (κ3) is 2.76. The Labute approximate surface area is 103 Å². The van der Waals surface area contributed by atoms with Crippen LogP contribution >= 0.6 is 0 Å². The van der Waals surface area contributed by atoms with E-state index in [1.54, 1.807) is 0 Å². The summed E-state index contributed by atoms with van der Waals surface area (Å²) in [6.45, 7) is 7.46. The van der Waals surface area contributed by atoms with Gasteiger partial charge in [-0.25, -0.2) is 4.98 Å². The van der Waals surface area contributed by atoms with Gasteiger partial charge in [-0.1, -0.05) is 6.07 Å². The smallest absolute Gasteiger partial charge is 0.128 e. The van der Waals surface area contributed by atoms with E-state index in [4.69, 9.17) is 5.73 Å². The number of hydrogen-bond donors (Lipinski definition) is 1. The van der Waals surface area contributed by atoms with Gasteiger partial charge < -0.3 is 15.5 Å². The van der Waals surface area contributed by atoms with Gasteiger partial charge in [-0.15, -0.1) is 0 Å². The van der Waals surface area contributed by atoms with Crippen LogP contribution in [0.25, 0.3) is 0 Å². The molecule has 17 heavy (non-hydrogen) atoms. The molecule has 0 saturated carbocycles. The molecule has 2 heterocycles. The zero-order chi connectivity index (χ0) is 12.4. The molecule has 0 aromatic carbocycles. The van der Waals surface area contributed by atoms with E-state index in [9.17, 15) is 0 Å². The van der Waals surface area contributed by atoms with Gasteiger partial charge in [0.1, 0.15) is 5.82 Å². The van der Waals surface area contributed by atoms with Crippen LogP contribution in [0.4, 0.5) is 5.82 Å². The summed E-state index contributed by atoms with van der Waals surface area (Å²) < 4.78 is 0. The molecule has 0 amide bonds. The van der Waals surface area contributed by atoms with Crippen molar-refractivity contribution < 1.29 is 0 Å². The second kappa shape index (κ2) is 5.02. The molecule has 2 rings (SSSR count). The van der Waals surface area contributed by atoms with Crippen molar-refractivity contribution in [1.29, 1.82) is 0 Å². The van der Waals surface area contributed by atoms with Gasteiger partial charge in [0.25, 0.3) is 0 Å². The molecule has 0 aliphatic carbocycles. The van der Waals surface area contributed by atoms with E-state index in [0.29, 0.717) is 6.04 Å². The van der Waals surface area contributed by atoms with Crippen molar-refractivity contribution in [3.8, 4) is 0 Å². The fourth-order valence-electron chi connectivity index (χ4n) is 2.32. The van der Waals surface area contributed by atoms with E-state index in [2.05, 4.69) is 40.9 Å². The fourth-order valence-corrected chi connectivity index (χ4v) is 2.32. The van der Waals surface area contributed by atoms with Crippen LogP contribution in [0.15, 0.2) is 18.3 Å². The van der Waals surface area contributed by atoms with E-state index in [1.807, 2.05) is 13.1 Å². The molecule has 0 bridgehead atoms. The predicted molar refractivity (Wildman–Crippen MR) is 71.1 cm³/mol. The van der Waals surface area contributed by atoms with Crippen LogP contribution in [0.5, 0.6) is 0 Å². The minimum atomic E-state index is 0.0569. The number of hydrogen-bond acceptors (Lipinski definition) is 4. The lowest BCUT2D eigenvalue weighted by Crippen LogP contribution is -2.50. The van der Waals surface area contributed by atoms with Gasteiger partial charge in [0, 0.05) is 37.9 Å². The molecule has 1 saturated heterocycles. The van der Waals surface area contributed by atoms with Crippen molar-refractivity contribution in [2.45, 2.75) is 25.9 Å². The first-order chi connectivity index (χ1) is 8.08. The minimum absolute atomic E-state index is 0.0569. The van der Waals surface area contributed by atoms with Gasteiger partial charge in [-0.3, -0.25) is 0 Å². The number of rotatable bonds is 2. The lowest BCUT2D eigenvalue weighted by atomic mass is 10.1. The van der Waals surface area contributed by atoms with E-state index in [1.165, 1.54) is 0 Å². The van der Waals surface area contributed by atoms with Gasteiger partial charge in [0.2, 0.25) is 0 Å². The molecule has 2 N–H and O–H groups in total. The van der Waals surface area contributed by atoms with Crippen molar-refractivity contribution >= 4 is 5.82 Å². The lowest BCUT2D eigenvalue weighted by Gasteiger charge is -2.39. The molecular formula is C13H22N4. The number of nitrogens with two attached hydrogens (primary N) is 1. The molecule has 1 aromatic rings. The summed E-state index contributed by atoms with van der Waals surface area (Å²) in [5, 5.41) is 0. The Kier molecular flexibility index (Phi) is 3.64. The van der Waals surface area contributed by atoms with Crippen molar-refractivity contribution in [3.63, 3.8) is 0 Å². The Morgan fingerprint density at radius 2 is 2.18 bits per heavy atom. The summed E-state index contributed by atoms with van der Waals surface area (Å²) in [6, 6.07) is 4.74. The topological polar surface area (TPSA) is 45.4 Å². The second-order valence-corrected chi connectivity index (χ2v) is 5.04. The summed E-state index contributed by atoms with van der Waals surface area (Å²) >= 11 is 0. The van der Waals surface area contributed by atoms with Gasteiger partial charge in [0.15, 0.2) is 0 Å². The Balaban J connectivity index is 2.11. The number of piperazine rings is 1. The number of anilines is 1. The molecular weight excluding hydrogens is 212 g/mol. The molecule has 1 aliphatic rings. The van der Waals surface area contributed by atoms with E-state index in [0.717, 1.165) is 31.0 Å². The fraction of sp³-hybridized carbons (Fsp3) is 0.615. The van der Waals surface area contributed by atoms with E-state index in [-0.39, 0.29) is 6.04 Å². The highest BCUT2D eigenvalue weighted by molar-refractivity contribution is 5.41. The molecule has 4 heteroatoms. The van der Waals surface area contributed by atoms with Crippen LogP contribution in [0, 0.1) is 0 Å². The van der Waals surface area contributed by atoms with Gasteiger partial charge in [0.05, 0.1) is 0 Å². The Hall–Kier alpha value is -1.13. The second-order valence-electron chi connectivity index (χ2n) is 5.04. The van der Waals surface area contributed by atoms with Crippen LogP contribution in [-0.2, 0) is 0 Å². The average Bonchev–Trinajstić information content (AvgIpc) is 2.29. The maximum absolute atomic E-state index is 5.83. The summed E-state index contributed by atoms with van der Waals surface area (Å²) in [6.07, 6.45) is 1.89. The zero-order valence-corrected chi connectivity index (χ0v) is 10.9. The van der Waals surface area contributed by atoms with Crippen molar-refractivity contribution in [3.05, 3.63) is 23.9 Å². The van der Waals surface area contributed by atoms with Crippen LogP contribution < -0.4 is 10.6 Å². The molecule has 0 radical (unpaired) electrons. The first-order valence-electron chi connectivity index (χ1n) is 6.24. The molecule has 94 valence electrons. The van der Waals surface area contributed by atoms with E-state index >= 15 is 0 Å². The average molecular weight is 234 g/mol. The van der Waals surface area contributed by atoms with Crippen LogP contribution in [-0.4, -0.2) is 42.6 Å². The molecule has 1 unspecified atom stereocenters. The predicted octanol–water partition coefficient (Wildman–Crippen LogP) is 1.24. The van der Waals surface area contributed by atoms with Crippen molar-refractivity contribution in [1.82, 2.24) is 9.88 Å². The normalized spacial score (nSPS) is 23.8. The highest BCUT2D eigenvalue weighted by atomic mass is 15.3. The number of likely N-dealkylation sites (N-methyl/N-ethyl adjacent to an activating group) is 1. The molecule has 1 fully saturated rings. The molecule has 1 aromatic heterocycles. The van der Waals surface area contributed by atoms with Crippen molar-refractivity contribution in [2.75, 3.05) is 31.6 Å². The zero-order valence-electron chi connectivity index (χ0n) is 10.9. The van der Waals surface area contributed by atoms with Gasteiger partial charge in [-0.2, -0.15) is 0 Å². The maximum atomic E-state index is 5.83. The Bertz CT molecular complexity index is 360. The number of aromatic nitrogens is 1. The highest BCUT2D eigenvalue weighted by Crippen LogP contribution is 2.19. The van der Waals surface area contributed by atoms with Gasteiger partial charge >= 0.3 is 0 Å². The third-order valence-electron chi connectivity index (χ3n) is 3.42.